The van der Waals surface area contributed by atoms with E-state index in [0.717, 1.165) is 26.8 Å². The third-order valence-electron chi connectivity index (χ3n) is 4.98. The summed E-state index contributed by atoms with van der Waals surface area (Å²) in [6.07, 6.45) is 0.881. The van der Waals surface area contributed by atoms with E-state index >= 15 is 0 Å². The Kier molecular flexibility index (Phi) is 6.65. The molecule has 0 fully saturated rings. The summed E-state index contributed by atoms with van der Waals surface area (Å²) in [5.41, 5.74) is 7.70. The van der Waals surface area contributed by atoms with Gasteiger partial charge in [0.15, 0.2) is 10.1 Å². The summed E-state index contributed by atoms with van der Waals surface area (Å²) < 4.78 is 2.55. The van der Waals surface area contributed by atoms with Crippen LogP contribution in [0.15, 0.2) is 32.1 Å². The molecule has 0 bridgehead atoms. The van der Waals surface area contributed by atoms with Gasteiger partial charge in [0.2, 0.25) is 5.13 Å². The number of hydrogen-bond acceptors (Lipinski definition) is 9. The van der Waals surface area contributed by atoms with Crippen molar-refractivity contribution in [3.05, 3.63) is 55.7 Å². The molecule has 0 aliphatic carbocycles. The average Bonchev–Trinajstić information content (AvgIpc) is 3.19. The van der Waals surface area contributed by atoms with Crippen LogP contribution in [0.4, 0.5) is 16.6 Å². The maximum absolute atomic E-state index is 12.9. The number of anilines is 3. The lowest BCUT2D eigenvalue weighted by Crippen LogP contribution is -2.42. The van der Waals surface area contributed by atoms with Gasteiger partial charge in [-0.1, -0.05) is 48.2 Å². The molecule has 0 saturated heterocycles. The highest BCUT2D eigenvalue weighted by molar-refractivity contribution is 8.02. The summed E-state index contributed by atoms with van der Waals surface area (Å²) in [5.74, 6) is -0.604. The van der Waals surface area contributed by atoms with Crippen molar-refractivity contribution < 1.29 is 4.79 Å². The van der Waals surface area contributed by atoms with E-state index in [0.29, 0.717) is 9.47 Å². The van der Waals surface area contributed by atoms with E-state index < -0.39 is 22.3 Å². The Morgan fingerprint density at radius 1 is 1.26 bits per heavy atom. The molecule has 11 heteroatoms. The standard InChI is InChI=1S/C20H24N6O3S2/c1-6-12-9-7-8-10(2)14(12)22-18-23-24-19(31-18)30-11(3)15(27)13-16(21)25(4)20(29)26(5)17(13)28/h7-9,11H,6,21H2,1-5H3,(H,22,23). The quantitative estimate of drug-likeness (QED) is 0.407. The zero-order valence-electron chi connectivity index (χ0n) is 17.9. The van der Waals surface area contributed by atoms with E-state index in [4.69, 9.17) is 5.73 Å². The molecule has 1 unspecified atom stereocenters. The molecule has 0 aliphatic heterocycles. The molecule has 0 saturated carbocycles. The van der Waals surface area contributed by atoms with E-state index in [2.05, 4.69) is 28.5 Å². The zero-order valence-corrected chi connectivity index (χ0v) is 19.6. The van der Waals surface area contributed by atoms with Crippen molar-refractivity contribution in [3.8, 4) is 0 Å². The minimum atomic E-state index is -0.704. The second-order valence-electron chi connectivity index (χ2n) is 7.05. The number of hydrogen-bond donors (Lipinski definition) is 2. The highest BCUT2D eigenvalue weighted by Gasteiger charge is 2.26. The molecular weight excluding hydrogens is 436 g/mol. The summed E-state index contributed by atoms with van der Waals surface area (Å²) >= 11 is 2.51. The molecule has 31 heavy (non-hydrogen) atoms. The second kappa shape index (κ2) is 9.06. The van der Waals surface area contributed by atoms with Gasteiger partial charge in [-0.2, -0.15) is 0 Å². The number of nitrogens with one attached hydrogen (secondary N) is 1. The summed E-state index contributed by atoms with van der Waals surface area (Å²) in [5, 5.41) is 11.6. The van der Waals surface area contributed by atoms with E-state index in [-0.39, 0.29) is 11.4 Å². The van der Waals surface area contributed by atoms with Crippen molar-refractivity contribution >= 4 is 45.5 Å². The fourth-order valence-corrected chi connectivity index (χ4v) is 5.08. The lowest BCUT2D eigenvalue weighted by atomic mass is 10.1. The van der Waals surface area contributed by atoms with Crippen LogP contribution < -0.4 is 22.3 Å². The normalized spacial score (nSPS) is 12.0. The van der Waals surface area contributed by atoms with Gasteiger partial charge in [-0.05, 0) is 31.4 Å². The Morgan fingerprint density at radius 2 is 1.97 bits per heavy atom. The number of ketones is 1. The summed E-state index contributed by atoms with van der Waals surface area (Å²) in [6.45, 7) is 5.78. The fourth-order valence-electron chi connectivity index (χ4n) is 3.12. The Labute approximate surface area is 187 Å². The monoisotopic (exact) mass is 460 g/mol. The smallest absolute Gasteiger partial charge is 0.332 e. The van der Waals surface area contributed by atoms with Gasteiger partial charge in [-0.3, -0.25) is 18.7 Å². The Bertz CT molecular complexity index is 1260. The predicted octanol–water partition coefficient (Wildman–Crippen LogP) is 2.50. The van der Waals surface area contributed by atoms with Gasteiger partial charge in [0, 0.05) is 19.8 Å². The van der Waals surface area contributed by atoms with Gasteiger partial charge >= 0.3 is 5.69 Å². The van der Waals surface area contributed by atoms with Gasteiger partial charge < -0.3 is 11.1 Å². The van der Waals surface area contributed by atoms with Crippen molar-refractivity contribution in [2.75, 3.05) is 11.1 Å². The maximum atomic E-state index is 12.9. The molecular formula is C20H24N6O3S2. The molecule has 1 atom stereocenters. The number of aryl methyl sites for hydroxylation is 2. The van der Waals surface area contributed by atoms with Gasteiger partial charge in [0.1, 0.15) is 11.4 Å². The first-order chi connectivity index (χ1) is 14.6. The van der Waals surface area contributed by atoms with Gasteiger partial charge in [-0.25, -0.2) is 4.79 Å². The molecule has 9 nitrogen and oxygen atoms in total. The van der Waals surface area contributed by atoms with Crippen LogP contribution in [0.5, 0.6) is 0 Å². The van der Waals surface area contributed by atoms with E-state index in [1.807, 2.05) is 19.1 Å². The number of nitrogens with zero attached hydrogens (tertiary/aromatic N) is 4. The number of benzene rings is 1. The second-order valence-corrected chi connectivity index (χ2v) is 9.62. The number of nitrogen functional groups attached to an aromatic ring is 1. The molecule has 1 aromatic carbocycles. The summed E-state index contributed by atoms with van der Waals surface area (Å²) in [4.78, 5) is 37.4. The fraction of sp³-hybridized carbons (Fsp3) is 0.350. The van der Waals surface area contributed by atoms with Crippen LogP contribution in [0.25, 0.3) is 0 Å². The zero-order chi connectivity index (χ0) is 22.9. The highest BCUT2D eigenvalue weighted by atomic mass is 32.2. The number of para-hydroxylation sites is 1. The Hall–Kier alpha value is -2.92. The van der Waals surface area contributed by atoms with E-state index in [1.54, 1.807) is 6.92 Å². The van der Waals surface area contributed by atoms with E-state index in [9.17, 15) is 14.4 Å². The minimum absolute atomic E-state index is 0.142. The molecule has 2 heterocycles. The molecule has 0 amide bonds. The van der Waals surface area contributed by atoms with E-state index in [1.165, 1.54) is 42.8 Å². The number of aromatic nitrogens is 4. The topological polar surface area (TPSA) is 125 Å². The first-order valence-electron chi connectivity index (χ1n) is 9.61. The molecule has 2 aromatic heterocycles. The third-order valence-corrected chi connectivity index (χ3v) is 7.00. The summed E-state index contributed by atoms with van der Waals surface area (Å²) in [7, 11) is 2.74. The number of carbonyl (C=O) groups is 1. The SMILES string of the molecule is CCc1cccc(C)c1Nc1nnc(SC(C)C(=O)c2c(N)n(C)c(=O)n(C)c2=O)s1. The van der Waals surface area contributed by atoms with Crippen LogP contribution in [0, 0.1) is 6.92 Å². The summed E-state index contributed by atoms with van der Waals surface area (Å²) in [6, 6.07) is 6.10. The van der Waals surface area contributed by atoms with Crippen molar-refractivity contribution in [2.24, 2.45) is 14.1 Å². The predicted molar refractivity (Wildman–Crippen MR) is 125 cm³/mol. The average molecular weight is 461 g/mol. The number of thioether (sulfide) groups is 1. The van der Waals surface area contributed by atoms with Gasteiger partial charge in [0.05, 0.1) is 5.25 Å². The van der Waals surface area contributed by atoms with Crippen LogP contribution in [0.3, 0.4) is 0 Å². The van der Waals surface area contributed by atoms with Crippen LogP contribution in [0.2, 0.25) is 0 Å². The number of carbonyl (C=O) groups excluding carboxylic acids is 1. The van der Waals surface area contributed by atoms with Crippen molar-refractivity contribution in [1.29, 1.82) is 0 Å². The van der Waals surface area contributed by atoms with Crippen molar-refractivity contribution in [3.63, 3.8) is 0 Å². The van der Waals surface area contributed by atoms with Crippen LogP contribution in [-0.4, -0.2) is 30.4 Å². The molecule has 3 rings (SSSR count). The lowest BCUT2D eigenvalue weighted by Gasteiger charge is -2.13. The number of Topliss-reactive ketones (excluding diaryl/α,β-unsaturated/α-hetero) is 1. The number of nitrogens with two attached hydrogens (primary N) is 1. The van der Waals surface area contributed by atoms with Gasteiger partial charge in [0.25, 0.3) is 5.56 Å². The Balaban J connectivity index is 1.81. The molecule has 164 valence electrons. The highest BCUT2D eigenvalue weighted by Crippen LogP contribution is 2.33. The van der Waals surface area contributed by atoms with Crippen LogP contribution in [-0.2, 0) is 20.5 Å². The first-order valence-corrected chi connectivity index (χ1v) is 11.3. The molecule has 3 N–H and O–H groups in total. The van der Waals surface area contributed by atoms with Crippen LogP contribution >= 0.6 is 23.1 Å². The maximum Gasteiger partial charge on any atom is 0.332 e. The third kappa shape index (κ3) is 4.42. The Morgan fingerprint density at radius 3 is 2.65 bits per heavy atom. The lowest BCUT2D eigenvalue weighted by molar-refractivity contribution is 0.0992. The minimum Gasteiger partial charge on any atom is -0.384 e. The molecule has 0 radical (unpaired) electrons. The molecule has 3 aromatic rings. The van der Waals surface area contributed by atoms with Crippen LogP contribution in [0.1, 0.15) is 35.3 Å². The van der Waals surface area contributed by atoms with Gasteiger partial charge in [-0.15, -0.1) is 10.2 Å². The first kappa shape index (κ1) is 22.8. The van der Waals surface area contributed by atoms with Crippen molar-refractivity contribution in [1.82, 2.24) is 19.3 Å². The molecule has 0 aliphatic rings. The largest absolute Gasteiger partial charge is 0.384 e. The molecule has 0 spiro atoms. The number of rotatable bonds is 7. The van der Waals surface area contributed by atoms with Crippen molar-refractivity contribution in [2.45, 2.75) is 36.8 Å².